The number of hydrogen-bond acceptors (Lipinski definition) is 4. The molecule has 0 radical (unpaired) electrons. The van der Waals surface area contributed by atoms with Crippen molar-refractivity contribution in [1.29, 1.82) is 0 Å². The van der Waals surface area contributed by atoms with Gasteiger partial charge in [0, 0.05) is 24.9 Å². The second-order valence-electron chi connectivity index (χ2n) is 13.1. The largest absolute Gasteiger partial charge is 0.414 e. The molecule has 192 valence electrons. The van der Waals surface area contributed by atoms with Gasteiger partial charge in [-0.05, 0) is 56.0 Å². The zero-order valence-electron chi connectivity index (χ0n) is 24.1. The van der Waals surface area contributed by atoms with E-state index < -0.39 is 16.6 Å². The van der Waals surface area contributed by atoms with Gasteiger partial charge in [0.15, 0.2) is 16.6 Å². The standard InChI is InChI=1S/C26H56O4Si2/c1-19(18-27)16-17-23(29-31(12,13)25(5,6)7)21(3)24(20(2)22(4)28-11)30-32(14,15)26(8,9)10/h18-24H,16-17H2,1-15H3/t19-,20+,21+,22-,23-,24-/m0/s1. The third-order valence-electron chi connectivity index (χ3n) is 8.36. The average molecular weight is 489 g/mol. The Bertz CT molecular complexity index is 563. The van der Waals surface area contributed by atoms with Gasteiger partial charge in [0.05, 0.1) is 18.3 Å². The lowest BCUT2D eigenvalue weighted by atomic mass is 9.84. The minimum atomic E-state index is -2.00. The molecule has 4 nitrogen and oxygen atoms in total. The molecule has 0 aromatic heterocycles. The molecular formula is C26H56O4Si2. The number of aldehydes is 1. The lowest BCUT2D eigenvalue weighted by Gasteiger charge is -2.47. The van der Waals surface area contributed by atoms with Crippen molar-refractivity contribution in [2.45, 2.75) is 137 Å². The quantitative estimate of drug-likeness (QED) is 0.197. The van der Waals surface area contributed by atoms with Crippen LogP contribution in [0, 0.1) is 17.8 Å². The Morgan fingerprint density at radius 3 is 1.56 bits per heavy atom. The minimum Gasteiger partial charge on any atom is -0.414 e. The van der Waals surface area contributed by atoms with Gasteiger partial charge in [-0.25, -0.2) is 0 Å². The molecule has 0 aromatic rings. The second kappa shape index (κ2) is 12.1. The number of rotatable bonds is 13. The second-order valence-corrected chi connectivity index (χ2v) is 22.6. The maximum atomic E-state index is 11.3. The highest BCUT2D eigenvalue weighted by molar-refractivity contribution is 6.74. The van der Waals surface area contributed by atoms with Crippen LogP contribution in [0.3, 0.4) is 0 Å². The van der Waals surface area contributed by atoms with E-state index in [-0.39, 0.29) is 46.1 Å². The van der Waals surface area contributed by atoms with Crippen molar-refractivity contribution in [3.05, 3.63) is 0 Å². The number of hydrogen-bond donors (Lipinski definition) is 0. The van der Waals surface area contributed by atoms with Crippen LogP contribution in [0.4, 0.5) is 0 Å². The summed E-state index contributed by atoms with van der Waals surface area (Å²) in [7, 11) is -2.21. The van der Waals surface area contributed by atoms with Crippen LogP contribution in [-0.2, 0) is 18.4 Å². The van der Waals surface area contributed by atoms with Crippen molar-refractivity contribution < 1.29 is 18.4 Å². The van der Waals surface area contributed by atoms with E-state index in [1.807, 2.05) is 6.92 Å². The van der Waals surface area contributed by atoms with Gasteiger partial charge >= 0.3 is 0 Å². The normalized spacial score (nSPS) is 19.7. The van der Waals surface area contributed by atoms with Gasteiger partial charge < -0.3 is 18.4 Å². The fourth-order valence-electron chi connectivity index (χ4n) is 3.38. The van der Waals surface area contributed by atoms with E-state index in [2.05, 4.69) is 88.5 Å². The highest BCUT2D eigenvalue weighted by Gasteiger charge is 2.46. The van der Waals surface area contributed by atoms with Crippen LogP contribution in [0.15, 0.2) is 0 Å². The Morgan fingerprint density at radius 2 is 1.19 bits per heavy atom. The fraction of sp³-hybridized carbons (Fsp3) is 0.962. The molecular weight excluding hydrogens is 432 g/mol. The Balaban J connectivity index is 6.18. The van der Waals surface area contributed by atoms with Crippen LogP contribution in [0.2, 0.25) is 36.3 Å². The van der Waals surface area contributed by atoms with Crippen molar-refractivity contribution >= 4 is 22.9 Å². The third-order valence-corrected chi connectivity index (χ3v) is 17.3. The molecule has 0 rings (SSSR count). The number of ether oxygens (including phenoxy) is 1. The predicted octanol–water partition coefficient (Wildman–Crippen LogP) is 7.69. The highest BCUT2D eigenvalue weighted by Crippen LogP contribution is 2.43. The zero-order chi connectivity index (χ0) is 25.7. The summed E-state index contributed by atoms with van der Waals surface area (Å²) in [5.74, 6) is 0.477. The molecule has 6 heteroatoms. The minimum absolute atomic E-state index is 0.0344. The molecule has 0 unspecified atom stereocenters. The Labute approximate surface area is 202 Å². The molecule has 0 aromatic carbocycles. The van der Waals surface area contributed by atoms with Gasteiger partial charge in [-0.15, -0.1) is 0 Å². The molecule has 0 aliphatic carbocycles. The van der Waals surface area contributed by atoms with Crippen LogP contribution in [-0.4, -0.2) is 48.3 Å². The van der Waals surface area contributed by atoms with Crippen LogP contribution in [0.25, 0.3) is 0 Å². The van der Waals surface area contributed by atoms with Crippen molar-refractivity contribution in [2.24, 2.45) is 17.8 Å². The van der Waals surface area contributed by atoms with Gasteiger partial charge in [0.25, 0.3) is 0 Å². The van der Waals surface area contributed by atoms with Crippen molar-refractivity contribution in [1.82, 2.24) is 0 Å². The van der Waals surface area contributed by atoms with E-state index in [4.69, 9.17) is 13.6 Å². The Morgan fingerprint density at radius 1 is 0.750 bits per heavy atom. The van der Waals surface area contributed by atoms with Crippen LogP contribution in [0.1, 0.15) is 82.1 Å². The van der Waals surface area contributed by atoms with Gasteiger partial charge in [-0.2, -0.15) is 0 Å². The molecule has 0 spiro atoms. The first-order chi connectivity index (χ1) is 14.2. The van der Waals surface area contributed by atoms with Gasteiger partial charge in [0.1, 0.15) is 6.29 Å². The molecule has 0 heterocycles. The summed E-state index contributed by atoms with van der Waals surface area (Å²) in [6, 6.07) is 0. The lowest BCUT2D eigenvalue weighted by Crippen LogP contribution is -2.53. The summed E-state index contributed by atoms with van der Waals surface area (Å²) >= 11 is 0. The summed E-state index contributed by atoms with van der Waals surface area (Å²) < 4.78 is 19.9. The van der Waals surface area contributed by atoms with E-state index in [0.717, 1.165) is 19.1 Å². The first-order valence-corrected chi connectivity index (χ1v) is 18.4. The Hall–Kier alpha value is -0.0162. The zero-order valence-corrected chi connectivity index (χ0v) is 26.1. The molecule has 0 N–H and O–H groups in total. The maximum Gasteiger partial charge on any atom is 0.192 e. The smallest absolute Gasteiger partial charge is 0.192 e. The van der Waals surface area contributed by atoms with Gasteiger partial charge in [-0.1, -0.05) is 62.3 Å². The maximum absolute atomic E-state index is 11.3. The van der Waals surface area contributed by atoms with Gasteiger partial charge in [0.2, 0.25) is 0 Å². The van der Waals surface area contributed by atoms with E-state index in [1.54, 1.807) is 7.11 Å². The number of carbonyl (C=O) groups is 1. The summed E-state index contributed by atoms with van der Waals surface area (Å²) in [6.07, 6.45) is 2.96. The third kappa shape index (κ3) is 8.97. The summed E-state index contributed by atoms with van der Waals surface area (Å²) in [4.78, 5) is 11.3. The van der Waals surface area contributed by atoms with E-state index in [1.165, 1.54) is 0 Å². The van der Waals surface area contributed by atoms with Crippen molar-refractivity contribution in [2.75, 3.05) is 7.11 Å². The highest BCUT2D eigenvalue weighted by atomic mass is 28.4. The van der Waals surface area contributed by atoms with Gasteiger partial charge in [-0.3, -0.25) is 0 Å². The van der Waals surface area contributed by atoms with E-state index in [9.17, 15) is 4.79 Å². The van der Waals surface area contributed by atoms with Crippen molar-refractivity contribution in [3.8, 4) is 0 Å². The molecule has 0 aliphatic rings. The van der Waals surface area contributed by atoms with Crippen LogP contribution < -0.4 is 0 Å². The van der Waals surface area contributed by atoms with E-state index in [0.29, 0.717) is 0 Å². The molecule has 0 amide bonds. The molecule has 0 aliphatic heterocycles. The lowest BCUT2D eigenvalue weighted by molar-refractivity contribution is -0.111. The summed E-state index contributed by atoms with van der Waals surface area (Å²) in [5.41, 5.74) is 0. The molecule has 0 saturated heterocycles. The van der Waals surface area contributed by atoms with Crippen LogP contribution >= 0.6 is 0 Å². The van der Waals surface area contributed by atoms with E-state index >= 15 is 0 Å². The molecule has 0 bridgehead atoms. The molecule has 32 heavy (non-hydrogen) atoms. The first kappa shape index (κ1) is 32.0. The fourth-order valence-corrected chi connectivity index (χ4v) is 6.29. The molecule has 6 atom stereocenters. The topological polar surface area (TPSA) is 44.8 Å². The molecule has 0 saturated carbocycles. The summed E-state index contributed by atoms with van der Waals surface area (Å²) in [6.45, 7) is 31.7. The SMILES string of the molecule is CO[C@@H](C)[C@@H](C)[C@H](O[Si](C)(C)C(C)(C)C)[C@H](C)[C@H](CC[C@H](C)C=O)O[Si](C)(C)C(C)(C)C. The molecule has 0 fully saturated rings. The van der Waals surface area contributed by atoms with Crippen LogP contribution in [0.5, 0.6) is 0 Å². The monoisotopic (exact) mass is 488 g/mol. The average Bonchev–Trinajstić information content (AvgIpc) is 2.65. The predicted molar refractivity (Wildman–Crippen MR) is 143 cm³/mol. The number of methoxy groups -OCH3 is 1. The Kier molecular flexibility index (Phi) is 12.1. The first-order valence-electron chi connectivity index (χ1n) is 12.6. The van der Waals surface area contributed by atoms with Crippen molar-refractivity contribution in [3.63, 3.8) is 0 Å². The number of carbonyl (C=O) groups excluding carboxylic acids is 1. The summed E-state index contributed by atoms with van der Waals surface area (Å²) in [5, 5.41) is 0.255.